The van der Waals surface area contributed by atoms with E-state index in [1.54, 1.807) is 0 Å². The number of amides is 1. The van der Waals surface area contributed by atoms with E-state index in [0.29, 0.717) is 6.61 Å². The molecule has 1 atom stereocenters. The van der Waals surface area contributed by atoms with E-state index in [-0.39, 0.29) is 12.0 Å². The van der Waals surface area contributed by atoms with Crippen molar-refractivity contribution in [1.82, 2.24) is 4.90 Å². The zero-order valence-corrected chi connectivity index (χ0v) is 14.0. The molecule has 2 rings (SSSR count). The lowest BCUT2D eigenvalue weighted by atomic mass is 9.87. The Hall–Kier alpha value is -1.35. The minimum Gasteiger partial charge on any atom is -0.364 e. The van der Waals surface area contributed by atoms with Crippen molar-refractivity contribution in [2.75, 3.05) is 13.6 Å². The number of carbonyl (C=O) groups excluding carboxylic acids is 1. The van der Waals surface area contributed by atoms with E-state index in [4.69, 9.17) is 4.74 Å². The largest absolute Gasteiger partial charge is 0.364 e. The van der Waals surface area contributed by atoms with Gasteiger partial charge in [-0.1, -0.05) is 62.4 Å². The molecule has 3 nitrogen and oxygen atoms in total. The van der Waals surface area contributed by atoms with Gasteiger partial charge in [-0.15, -0.1) is 0 Å². The molecule has 1 unspecified atom stereocenters. The molecule has 1 saturated carbocycles. The third kappa shape index (κ3) is 5.45. The second kappa shape index (κ2) is 8.94. The van der Waals surface area contributed by atoms with Gasteiger partial charge >= 0.3 is 0 Å². The average Bonchev–Trinajstić information content (AvgIpc) is 2.58. The van der Waals surface area contributed by atoms with Crippen molar-refractivity contribution in [3.8, 4) is 0 Å². The first-order valence-corrected chi connectivity index (χ1v) is 8.57. The Morgan fingerprint density at radius 1 is 1.23 bits per heavy atom. The first-order valence-electron chi connectivity index (χ1n) is 8.57. The van der Waals surface area contributed by atoms with Crippen molar-refractivity contribution in [3.05, 3.63) is 35.9 Å². The van der Waals surface area contributed by atoms with E-state index >= 15 is 0 Å². The van der Waals surface area contributed by atoms with Gasteiger partial charge in [-0.2, -0.15) is 0 Å². The van der Waals surface area contributed by atoms with Gasteiger partial charge in [0.25, 0.3) is 5.91 Å². The Morgan fingerprint density at radius 3 is 2.59 bits per heavy atom. The molecule has 1 amide bonds. The number of rotatable bonds is 7. The minimum atomic E-state index is -0.378. The Bertz CT molecular complexity index is 440. The Kier molecular flexibility index (Phi) is 6.91. The van der Waals surface area contributed by atoms with Crippen LogP contribution in [0.1, 0.15) is 51.0 Å². The van der Waals surface area contributed by atoms with E-state index in [0.717, 1.165) is 24.4 Å². The van der Waals surface area contributed by atoms with Crippen LogP contribution < -0.4 is 0 Å². The van der Waals surface area contributed by atoms with Gasteiger partial charge in [0, 0.05) is 13.6 Å². The topological polar surface area (TPSA) is 29.5 Å². The summed E-state index contributed by atoms with van der Waals surface area (Å²) in [6.45, 7) is 3.19. The number of likely N-dealkylation sites (N-methyl/N-ethyl adjacent to an activating group) is 1. The van der Waals surface area contributed by atoms with E-state index in [1.165, 1.54) is 32.1 Å². The van der Waals surface area contributed by atoms with Crippen molar-refractivity contribution in [1.29, 1.82) is 0 Å². The summed E-state index contributed by atoms with van der Waals surface area (Å²) in [6, 6.07) is 9.99. The van der Waals surface area contributed by atoms with Gasteiger partial charge in [0.05, 0.1) is 6.61 Å². The Morgan fingerprint density at radius 2 is 1.91 bits per heavy atom. The molecule has 1 aliphatic rings. The highest BCUT2D eigenvalue weighted by molar-refractivity contribution is 5.80. The maximum Gasteiger partial charge on any atom is 0.251 e. The molecule has 1 aliphatic carbocycles. The van der Waals surface area contributed by atoms with Crippen molar-refractivity contribution in [2.45, 2.75) is 58.2 Å². The number of ether oxygens (including phenoxy) is 1. The van der Waals surface area contributed by atoms with Crippen LogP contribution in [-0.2, 0) is 16.1 Å². The van der Waals surface area contributed by atoms with E-state index < -0.39 is 0 Å². The van der Waals surface area contributed by atoms with Gasteiger partial charge in [-0.05, 0) is 24.8 Å². The highest BCUT2D eigenvalue weighted by Crippen LogP contribution is 2.26. The predicted octanol–water partition coefficient (Wildman–Crippen LogP) is 4.02. The lowest BCUT2D eigenvalue weighted by molar-refractivity contribution is -0.142. The molecule has 1 fully saturated rings. The van der Waals surface area contributed by atoms with E-state index in [1.807, 2.05) is 49.2 Å². The molecule has 22 heavy (non-hydrogen) atoms. The van der Waals surface area contributed by atoms with Gasteiger partial charge < -0.3 is 9.64 Å². The molecule has 0 bridgehead atoms. The number of hydrogen-bond acceptors (Lipinski definition) is 2. The fourth-order valence-corrected chi connectivity index (χ4v) is 3.14. The molecule has 0 spiro atoms. The molecule has 122 valence electrons. The third-order valence-electron chi connectivity index (χ3n) is 4.66. The van der Waals surface area contributed by atoms with Crippen molar-refractivity contribution in [3.63, 3.8) is 0 Å². The first-order chi connectivity index (χ1) is 10.7. The molecule has 0 radical (unpaired) electrons. The molecule has 1 aromatic rings. The Balaban J connectivity index is 1.69. The van der Waals surface area contributed by atoms with E-state index in [2.05, 4.69) is 0 Å². The number of carbonyl (C=O) groups is 1. The van der Waals surface area contributed by atoms with Crippen LogP contribution in [0.15, 0.2) is 30.3 Å². The zero-order chi connectivity index (χ0) is 15.8. The summed E-state index contributed by atoms with van der Waals surface area (Å²) in [5.74, 6) is 0.899. The van der Waals surface area contributed by atoms with Crippen molar-refractivity contribution < 1.29 is 9.53 Å². The predicted molar refractivity (Wildman–Crippen MR) is 89.5 cm³/mol. The molecule has 0 aromatic heterocycles. The fourth-order valence-electron chi connectivity index (χ4n) is 3.14. The fraction of sp³-hybridized carbons (Fsp3) is 0.632. The van der Waals surface area contributed by atoms with Crippen LogP contribution in [0.4, 0.5) is 0 Å². The van der Waals surface area contributed by atoms with Gasteiger partial charge in [0.2, 0.25) is 0 Å². The standard InChI is InChI=1S/C19H29NO2/c1-16(22-15-18-11-7-4-8-12-18)19(21)20(2)14-13-17-9-5-3-6-10-17/h4,7-8,11-12,16-17H,3,5-6,9-10,13-15H2,1-2H3. The van der Waals surface area contributed by atoms with Crippen LogP contribution in [0.2, 0.25) is 0 Å². The van der Waals surface area contributed by atoms with Crippen LogP contribution in [0, 0.1) is 5.92 Å². The molecule has 0 saturated heterocycles. The number of nitrogens with zero attached hydrogens (tertiary/aromatic N) is 1. The highest BCUT2D eigenvalue weighted by atomic mass is 16.5. The molecule has 0 aliphatic heterocycles. The van der Waals surface area contributed by atoms with Crippen LogP contribution in [0.25, 0.3) is 0 Å². The first kappa shape index (κ1) is 17.0. The summed E-state index contributed by atoms with van der Waals surface area (Å²) >= 11 is 0. The summed E-state index contributed by atoms with van der Waals surface area (Å²) in [5, 5.41) is 0. The maximum absolute atomic E-state index is 12.3. The minimum absolute atomic E-state index is 0.0896. The Labute approximate surface area is 134 Å². The number of benzene rings is 1. The third-order valence-corrected chi connectivity index (χ3v) is 4.66. The average molecular weight is 303 g/mol. The van der Waals surface area contributed by atoms with Crippen LogP contribution in [-0.4, -0.2) is 30.5 Å². The summed E-state index contributed by atoms with van der Waals surface area (Å²) in [6.07, 6.45) is 7.53. The van der Waals surface area contributed by atoms with Gasteiger partial charge in [-0.3, -0.25) is 4.79 Å². The zero-order valence-electron chi connectivity index (χ0n) is 14.0. The quantitative estimate of drug-likeness (QED) is 0.761. The molecular formula is C19H29NO2. The monoisotopic (exact) mass is 303 g/mol. The normalized spacial score (nSPS) is 17.2. The lowest BCUT2D eigenvalue weighted by Crippen LogP contribution is -2.37. The highest BCUT2D eigenvalue weighted by Gasteiger charge is 2.20. The second-order valence-corrected chi connectivity index (χ2v) is 6.49. The summed E-state index contributed by atoms with van der Waals surface area (Å²) in [4.78, 5) is 14.2. The summed E-state index contributed by atoms with van der Waals surface area (Å²) in [5.41, 5.74) is 1.10. The molecular weight excluding hydrogens is 274 g/mol. The van der Waals surface area contributed by atoms with E-state index in [9.17, 15) is 4.79 Å². The van der Waals surface area contributed by atoms with Gasteiger partial charge in [-0.25, -0.2) is 0 Å². The second-order valence-electron chi connectivity index (χ2n) is 6.49. The van der Waals surface area contributed by atoms with Crippen molar-refractivity contribution >= 4 is 5.91 Å². The van der Waals surface area contributed by atoms with Gasteiger partial charge in [0.15, 0.2) is 0 Å². The summed E-state index contributed by atoms with van der Waals surface area (Å²) in [7, 11) is 1.90. The smallest absolute Gasteiger partial charge is 0.251 e. The van der Waals surface area contributed by atoms with Crippen LogP contribution >= 0.6 is 0 Å². The number of hydrogen-bond donors (Lipinski definition) is 0. The SMILES string of the molecule is CC(OCc1ccccc1)C(=O)N(C)CCC1CCCCC1. The molecule has 3 heteroatoms. The molecule has 0 N–H and O–H groups in total. The molecule has 0 heterocycles. The summed E-state index contributed by atoms with van der Waals surface area (Å²) < 4.78 is 5.71. The molecule has 1 aromatic carbocycles. The lowest BCUT2D eigenvalue weighted by Gasteiger charge is -2.26. The van der Waals surface area contributed by atoms with Crippen LogP contribution in [0.5, 0.6) is 0 Å². The van der Waals surface area contributed by atoms with Gasteiger partial charge in [0.1, 0.15) is 6.10 Å². The van der Waals surface area contributed by atoms with Crippen LogP contribution in [0.3, 0.4) is 0 Å². The van der Waals surface area contributed by atoms with Crippen molar-refractivity contribution in [2.24, 2.45) is 5.92 Å². The maximum atomic E-state index is 12.3.